The summed E-state index contributed by atoms with van der Waals surface area (Å²) in [5.74, 6) is 1.69. The van der Waals surface area contributed by atoms with E-state index in [1.165, 1.54) is 10.1 Å². The average molecular weight is 515 g/mol. The molecule has 0 radical (unpaired) electrons. The van der Waals surface area contributed by atoms with Gasteiger partial charge in [0, 0.05) is 6.54 Å². The molecule has 198 valence electrons. The molecule has 0 saturated carbocycles. The second-order valence-electron chi connectivity index (χ2n) is 8.99. The fourth-order valence-electron chi connectivity index (χ4n) is 4.02. The largest absolute Gasteiger partial charge is 0.497 e. The molecule has 0 aliphatic carbocycles. The van der Waals surface area contributed by atoms with Gasteiger partial charge >= 0.3 is 11.4 Å². The molecule has 0 saturated heterocycles. The number of hydrogen-bond donors (Lipinski definition) is 2. The Morgan fingerprint density at radius 2 is 1.45 bits per heavy atom. The molecular formula is C29H34N6O3. The molecule has 0 unspecified atom stereocenters. The van der Waals surface area contributed by atoms with Crippen molar-refractivity contribution >= 4 is 11.8 Å². The molecule has 0 amide bonds. The Morgan fingerprint density at radius 3 is 2.11 bits per heavy atom. The molecule has 0 aliphatic rings. The minimum Gasteiger partial charge on any atom is -0.497 e. The highest BCUT2D eigenvalue weighted by atomic mass is 16.5. The molecule has 9 heteroatoms. The summed E-state index contributed by atoms with van der Waals surface area (Å²) >= 11 is 0. The summed E-state index contributed by atoms with van der Waals surface area (Å²) in [5, 5.41) is 6.45. The number of benzene rings is 2. The molecule has 4 aromatic rings. The van der Waals surface area contributed by atoms with Crippen LogP contribution in [0.1, 0.15) is 42.7 Å². The topological polar surface area (TPSA) is 103 Å². The third kappa shape index (κ3) is 6.67. The quantitative estimate of drug-likeness (QED) is 0.296. The van der Waals surface area contributed by atoms with E-state index in [4.69, 9.17) is 4.74 Å². The smallest absolute Gasteiger partial charge is 0.355 e. The predicted octanol–water partition coefficient (Wildman–Crippen LogP) is 3.90. The third-order valence-electron chi connectivity index (χ3n) is 6.21. The van der Waals surface area contributed by atoms with Crippen LogP contribution in [0.25, 0.3) is 0 Å². The van der Waals surface area contributed by atoms with Gasteiger partial charge in [0.2, 0.25) is 5.95 Å². The van der Waals surface area contributed by atoms with Crippen molar-refractivity contribution in [1.29, 1.82) is 0 Å². The van der Waals surface area contributed by atoms with Gasteiger partial charge < -0.3 is 15.4 Å². The van der Waals surface area contributed by atoms with Crippen molar-refractivity contribution < 1.29 is 4.74 Å². The first kappa shape index (κ1) is 26.7. The van der Waals surface area contributed by atoms with Gasteiger partial charge in [-0.3, -0.25) is 4.57 Å². The summed E-state index contributed by atoms with van der Waals surface area (Å²) in [7, 11) is 1.59. The van der Waals surface area contributed by atoms with Gasteiger partial charge in [-0.05, 0) is 53.8 Å². The Hall–Kier alpha value is -4.40. The van der Waals surface area contributed by atoms with Gasteiger partial charge in [-0.15, -0.1) is 0 Å². The van der Waals surface area contributed by atoms with Crippen LogP contribution in [0.3, 0.4) is 0 Å². The second kappa shape index (κ2) is 12.7. The van der Waals surface area contributed by atoms with E-state index < -0.39 is 11.4 Å². The van der Waals surface area contributed by atoms with Crippen molar-refractivity contribution in [2.45, 2.75) is 46.3 Å². The first-order valence-corrected chi connectivity index (χ1v) is 12.9. The number of rotatable bonds is 12. The average Bonchev–Trinajstić information content (AvgIpc) is 2.95. The molecule has 0 spiro atoms. The molecule has 0 atom stereocenters. The third-order valence-corrected chi connectivity index (χ3v) is 6.21. The fraction of sp³-hybridized carbons (Fsp3) is 0.310. The predicted molar refractivity (Wildman–Crippen MR) is 150 cm³/mol. The van der Waals surface area contributed by atoms with Crippen molar-refractivity contribution in [1.82, 2.24) is 19.1 Å². The Labute approximate surface area is 222 Å². The summed E-state index contributed by atoms with van der Waals surface area (Å²) in [6.07, 6.45) is 1.92. The normalized spacial score (nSPS) is 10.8. The number of aryl methyl sites for hydroxylation is 1. The molecule has 0 fully saturated rings. The molecule has 2 N–H and O–H groups in total. The molecule has 2 heterocycles. The van der Waals surface area contributed by atoms with Gasteiger partial charge in [-0.1, -0.05) is 56.3 Å². The molecule has 0 bridgehead atoms. The number of pyridine rings is 1. The van der Waals surface area contributed by atoms with Crippen molar-refractivity contribution in [2.24, 2.45) is 0 Å². The lowest BCUT2D eigenvalue weighted by molar-refractivity contribution is 0.414. The summed E-state index contributed by atoms with van der Waals surface area (Å²) < 4.78 is 7.87. The van der Waals surface area contributed by atoms with Crippen molar-refractivity contribution in [3.63, 3.8) is 0 Å². The zero-order chi connectivity index (χ0) is 26.9. The fourth-order valence-corrected chi connectivity index (χ4v) is 4.02. The SMILES string of the molecule is CCCNc1cccc(CNc2nc(=O)n(Cc3ccc(OC)cc3)c(=O)n2Cc2ccc(CC)cc2)n1. The first-order valence-electron chi connectivity index (χ1n) is 12.9. The number of methoxy groups -OCH3 is 1. The van der Waals surface area contributed by atoms with Crippen LogP contribution in [-0.4, -0.2) is 32.8 Å². The number of anilines is 2. The van der Waals surface area contributed by atoms with E-state index in [2.05, 4.69) is 34.4 Å². The Kier molecular flexibility index (Phi) is 8.92. The lowest BCUT2D eigenvalue weighted by atomic mass is 10.1. The van der Waals surface area contributed by atoms with Crippen LogP contribution in [0.5, 0.6) is 5.75 Å². The van der Waals surface area contributed by atoms with Crippen LogP contribution in [-0.2, 0) is 26.1 Å². The molecular weight excluding hydrogens is 480 g/mol. The van der Waals surface area contributed by atoms with E-state index in [0.29, 0.717) is 12.3 Å². The lowest BCUT2D eigenvalue weighted by Crippen LogP contribution is -2.43. The van der Waals surface area contributed by atoms with Gasteiger partial charge in [0.1, 0.15) is 11.6 Å². The van der Waals surface area contributed by atoms with Crippen molar-refractivity contribution in [3.05, 3.63) is 110 Å². The summed E-state index contributed by atoms with van der Waals surface area (Å²) in [6.45, 7) is 5.71. The van der Waals surface area contributed by atoms with Gasteiger partial charge in [-0.2, -0.15) is 4.98 Å². The standard InChI is InChI=1S/C29H34N6O3/c1-4-17-30-26-8-6-7-24(32-26)18-31-27-33-28(36)35(20-23-13-15-25(38-3)16-14-23)29(37)34(27)19-22-11-9-21(5-2)10-12-22/h6-16H,4-5,17-20H2,1-3H3,(H,30,32)(H,31,33,36). The van der Waals surface area contributed by atoms with Gasteiger partial charge in [0.15, 0.2) is 0 Å². The molecule has 2 aromatic carbocycles. The Balaban J connectivity index is 1.66. The Morgan fingerprint density at radius 1 is 0.789 bits per heavy atom. The second-order valence-corrected chi connectivity index (χ2v) is 8.99. The summed E-state index contributed by atoms with van der Waals surface area (Å²) in [5.41, 5.74) is 2.66. The Bertz CT molecular complexity index is 1460. The molecule has 2 aromatic heterocycles. The van der Waals surface area contributed by atoms with Crippen LogP contribution in [0.4, 0.5) is 11.8 Å². The minimum atomic E-state index is -0.614. The van der Waals surface area contributed by atoms with Crippen LogP contribution >= 0.6 is 0 Å². The van der Waals surface area contributed by atoms with Gasteiger partial charge in [-0.25, -0.2) is 19.1 Å². The minimum absolute atomic E-state index is 0.108. The molecule has 0 aliphatic heterocycles. The van der Waals surface area contributed by atoms with Crippen molar-refractivity contribution in [2.75, 3.05) is 24.3 Å². The zero-order valence-electron chi connectivity index (χ0n) is 22.1. The van der Waals surface area contributed by atoms with E-state index >= 15 is 0 Å². The highest BCUT2D eigenvalue weighted by molar-refractivity contribution is 5.36. The van der Waals surface area contributed by atoms with Gasteiger partial charge in [0.05, 0.1) is 32.4 Å². The number of hydrogen-bond acceptors (Lipinski definition) is 7. The molecule has 4 rings (SSSR count). The summed E-state index contributed by atoms with van der Waals surface area (Å²) in [6, 6.07) is 21.1. The molecule has 38 heavy (non-hydrogen) atoms. The van der Waals surface area contributed by atoms with Gasteiger partial charge in [0.25, 0.3) is 0 Å². The zero-order valence-corrected chi connectivity index (χ0v) is 22.1. The maximum Gasteiger partial charge on any atom is 0.355 e. The van der Waals surface area contributed by atoms with E-state index in [1.807, 2.05) is 54.6 Å². The van der Waals surface area contributed by atoms with Crippen LogP contribution in [0.15, 0.2) is 76.3 Å². The van der Waals surface area contributed by atoms with Crippen molar-refractivity contribution in [3.8, 4) is 5.75 Å². The van der Waals surface area contributed by atoms with Crippen LogP contribution in [0, 0.1) is 0 Å². The number of nitrogens with zero attached hydrogens (tertiary/aromatic N) is 4. The highest BCUT2D eigenvalue weighted by Crippen LogP contribution is 2.13. The maximum absolute atomic E-state index is 13.6. The highest BCUT2D eigenvalue weighted by Gasteiger charge is 2.15. The van der Waals surface area contributed by atoms with E-state index in [9.17, 15) is 9.59 Å². The van der Waals surface area contributed by atoms with E-state index in [1.54, 1.807) is 19.2 Å². The maximum atomic E-state index is 13.6. The first-order chi connectivity index (χ1) is 18.5. The van der Waals surface area contributed by atoms with Crippen LogP contribution in [0.2, 0.25) is 0 Å². The number of nitrogens with one attached hydrogen (secondary N) is 2. The molecule has 9 nitrogen and oxygen atoms in total. The van der Waals surface area contributed by atoms with Crippen LogP contribution < -0.4 is 26.7 Å². The lowest BCUT2D eigenvalue weighted by Gasteiger charge is -2.16. The number of ether oxygens (including phenoxy) is 1. The van der Waals surface area contributed by atoms with E-state index in [-0.39, 0.29) is 19.0 Å². The number of aromatic nitrogens is 4. The summed E-state index contributed by atoms with van der Waals surface area (Å²) in [4.78, 5) is 35.5. The monoisotopic (exact) mass is 514 g/mol. The van der Waals surface area contributed by atoms with E-state index in [0.717, 1.165) is 46.6 Å².